The van der Waals surface area contributed by atoms with Crippen LogP contribution in [0.1, 0.15) is 38.6 Å². The average molecular weight is 313 g/mol. The summed E-state index contributed by atoms with van der Waals surface area (Å²) in [6.07, 6.45) is 1.32. The topological polar surface area (TPSA) is 67.2 Å². The highest BCUT2D eigenvalue weighted by atomic mass is 35.5. The fourth-order valence-corrected chi connectivity index (χ4v) is 2.96. The lowest BCUT2D eigenvalue weighted by atomic mass is 10.1. The molecule has 0 radical (unpaired) electrons. The SMILES string of the molecule is CCc1nn(CC)c(CN2C(=O)CNC(=O)C2CC)c1Cl. The molecule has 6 nitrogen and oxygen atoms in total. The van der Waals surface area contributed by atoms with Crippen molar-refractivity contribution in [1.29, 1.82) is 0 Å². The molecule has 21 heavy (non-hydrogen) atoms. The van der Waals surface area contributed by atoms with Gasteiger partial charge in [-0.2, -0.15) is 5.10 Å². The minimum absolute atomic E-state index is 0.0495. The predicted octanol–water partition coefficient (Wildman–Crippen LogP) is 1.36. The molecule has 2 rings (SSSR count). The smallest absolute Gasteiger partial charge is 0.243 e. The number of aryl methyl sites for hydroxylation is 2. The van der Waals surface area contributed by atoms with E-state index in [4.69, 9.17) is 11.6 Å². The van der Waals surface area contributed by atoms with Crippen molar-refractivity contribution in [1.82, 2.24) is 20.0 Å². The van der Waals surface area contributed by atoms with Crippen LogP contribution in [0.25, 0.3) is 0 Å². The number of carbonyl (C=O) groups is 2. The van der Waals surface area contributed by atoms with Crippen molar-refractivity contribution in [2.45, 2.75) is 52.7 Å². The van der Waals surface area contributed by atoms with Crippen molar-refractivity contribution in [3.63, 3.8) is 0 Å². The van der Waals surface area contributed by atoms with E-state index >= 15 is 0 Å². The van der Waals surface area contributed by atoms with E-state index in [0.29, 0.717) is 24.5 Å². The number of piperazine rings is 1. The largest absolute Gasteiger partial charge is 0.345 e. The van der Waals surface area contributed by atoms with Crippen LogP contribution < -0.4 is 5.32 Å². The summed E-state index contributed by atoms with van der Waals surface area (Å²) >= 11 is 6.38. The maximum Gasteiger partial charge on any atom is 0.243 e. The molecule has 1 unspecified atom stereocenters. The Bertz CT molecular complexity index is 555. The molecule has 0 bridgehead atoms. The van der Waals surface area contributed by atoms with Gasteiger partial charge in [0, 0.05) is 6.54 Å². The van der Waals surface area contributed by atoms with Gasteiger partial charge in [-0.25, -0.2) is 0 Å². The molecule has 1 fully saturated rings. The van der Waals surface area contributed by atoms with E-state index in [1.54, 1.807) is 4.90 Å². The van der Waals surface area contributed by atoms with Gasteiger partial charge in [0.05, 0.1) is 29.5 Å². The number of amides is 2. The summed E-state index contributed by atoms with van der Waals surface area (Å²) in [5, 5.41) is 7.68. The van der Waals surface area contributed by atoms with Crippen LogP contribution in [0.15, 0.2) is 0 Å². The molecule has 1 saturated heterocycles. The highest BCUT2D eigenvalue weighted by molar-refractivity contribution is 6.31. The number of hydrogen-bond acceptors (Lipinski definition) is 3. The minimum Gasteiger partial charge on any atom is -0.345 e. The highest BCUT2D eigenvalue weighted by Gasteiger charge is 2.34. The van der Waals surface area contributed by atoms with Gasteiger partial charge in [-0.15, -0.1) is 0 Å². The molecular weight excluding hydrogens is 292 g/mol. The van der Waals surface area contributed by atoms with Gasteiger partial charge in [0.15, 0.2) is 0 Å². The van der Waals surface area contributed by atoms with Crippen LogP contribution in [-0.4, -0.2) is 39.1 Å². The van der Waals surface area contributed by atoms with E-state index in [1.165, 1.54) is 0 Å². The molecule has 7 heteroatoms. The quantitative estimate of drug-likeness (QED) is 0.892. The molecule has 1 aromatic rings. The Morgan fingerprint density at radius 2 is 2.05 bits per heavy atom. The molecule has 2 amide bonds. The van der Waals surface area contributed by atoms with Crippen LogP contribution >= 0.6 is 11.6 Å². The van der Waals surface area contributed by atoms with Crippen molar-refractivity contribution in [3.05, 3.63) is 16.4 Å². The molecule has 1 N–H and O–H groups in total. The average Bonchev–Trinajstić information content (AvgIpc) is 2.79. The van der Waals surface area contributed by atoms with Crippen LogP contribution in [0.2, 0.25) is 5.02 Å². The maximum absolute atomic E-state index is 12.1. The molecule has 0 spiro atoms. The van der Waals surface area contributed by atoms with Crippen molar-refractivity contribution in [3.8, 4) is 0 Å². The van der Waals surface area contributed by atoms with E-state index < -0.39 is 6.04 Å². The molecule has 1 aliphatic rings. The molecule has 1 atom stereocenters. The third kappa shape index (κ3) is 2.90. The second kappa shape index (κ2) is 6.47. The summed E-state index contributed by atoms with van der Waals surface area (Å²) < 4.78 is 1.81. The zero-order valence-corrected chi connectivity index (χ0v) is 13.4. The van der Waals surface area contributed by atoms with Gasteiger partial charge in [0.1, 0.15) is 6.04 Å². The van der Waals surface area contributed by atoms with Gasteiger partial charge in [0.25, 0.3) is 0 Å². The van der Waals surface area contributed by atoms with Crippen LogP contribution in [0.5, 0.6) is 0 Å². The molecule has 0 saturated carbocycles. The predicted molar refractivity (Wildman–Crippen MR) is 79.9 cm³/mol. The van der Waals surface area contributed by atoms with Crippen LogP contribution in [0.3, 0.4) is 0 Å². The normalized spacial score (nSPS) is 19.0. The molecule has 1 aromatic heterocycles. The number of aromatic nitrogens is 2. The summed E-state index contributed by atoms with van der Waals surface area (Å²) in [7, 11) is 0. The van der Waals surface area contributed by atoms with Crippen LogP contribution in [0, 0.1) is 0 Å². The summed E-state index contributed by atoms with van der Waals surface area (Å²) in [5.41, 5.74) is 1.63. The Hall–Kier alpha value is -1.56. The second-order valence-electron chi connectivity index (χ2n) is 5.04. The third-order valence-electron chi connectivity index (χ3n) is 3.81. The van der Waals surface area contributed by atoms with Crippen molar-refractivity contribution < 1.29 is 9.59 Å². The monoisotopic (exact) mass is 312 g/mol. The van der Waals surface area contributed by atoms with E-state index in [1.807, 2.05) is 25.5 Å². The Morgan fingerprint density at radius 1 is 1.33 bits per heavy atom. The summed E-state index contributed by atoms with van der Waals surface area (Å²) in [6.45, 7) is 6.92. The molecular formula is C14H21ClN4O2. The summed E-state index contributed by atoms with van der Waals surface area (Å²) in [4.78, 5) is 25.7. The number of carbonyl (C=O) groups excluding carboxylic acids is 2. The minimum atomic E-state index is -0.437. The number of nitrogens with one attached hydrogen (secondary N) is 1. The molecule has 1 aliphatic heterocycles. The van der Waals surface area contributed by atoms with E-state index in [9.17, 15) is 9.59 Å². The molecule has 0 aromatic carbocycles. The Balaban J connectivity index is 2.33. The standard InChI is InChI=1S/C14H21ClN4O2/c1-4-9-13(15)11(19(6-3)17-9)8-18-10(5-2)14(21)16-7-12(18)20/h10H,4-8H2,1-3H3,(H,16,21). The zero-order valence-electron chi connectivity index (χ0n) is 12.6. The van der Waals surface area contributed by atoms with Gasteiger partial charge in [0.2, 0.25) is 11.8 Å². The first-order valence-corrected chi connectivity index (χ1v) is 7.72. The lowest BCUT2D eigenvalue weighted by molar-refractivity contribution is -0.146. The van der Waals surface area contributed by atoms with Crippen LogP contribution in [0.4, 0.5) is 0 Å². The highest BCUT2D eigenvalue weighted by Crippen LogP contribution is 2.25. The third-order valence-corrected chi connectivity index (χ3v) is 4.25. The zero-order chi connectivity index (χ0) is 15.6. The van der Waals surface area contributed by atoms with Gasteiger partial charge in [-0.05, 0) is 19.8 Å². The fourth-order valence-electron chi connectivity index (χ4n) is 2.63. The molecule has 0 aliphatic carbocycles. The lowest BCUT2D eigenvalue weighted by Gasteiger charge is -2.34. The number of halogens is 1. The maximum atomic E-state index is 12.1. The van der Waals surface area contributed by atoms with Crippen molar-refractivity contribution >= 4 is 23.4 Å². The van der Waals surface area contributed by atoms with Crippen molar-refractivity contribution in [2.24, 2.45) is 0 Å². The number of nitrogens with zero attached hydrogens (tertiary/aromatic N) is 3. The number of rotatable bonds is 5. The first-order chi connectivity index (χ1) is 10.0. The van der Waals surface area contributed by atoms with Gasteiger partial charge >= 0.3 is 0 Å². The van der Waals surface area contributed by atoms with E-state index in [0.717, 1.165) is 17.8 Å². The van der Waals surface area contributed by atoms with E-state index in [2.05, 4.69) is 10.4 Å². The van der Waals surface area contributed by atoms with Gasteiger partial charge in [-0.3, -0.25) is 14.3 Å². The summed E-state index contributed by atoms with van der Waals surface area (Å²) in [6, 6.07) is -0.437. The first-order valence-electron chi connectivity index (χ1n) is 7.34. The Kier molecular flexibility index (Phi) is 4.88. The molecule has 116 valence electrons. The van der Waals surface area contributed by atoms with Gasteiger partial charge in [-0.1, -0.05) is 25.4 Å². The summed E-state index contributed by atoms with van der Waals surface area (Å²) in [5.74, 6) is -0.189. The Labute approximate surface area is 129 Å². The fraction of sp³-hybridized carbons (Fsp3) is 0.643. The number of hydrogen-bond donors (Lipinski definition) is 1. The van der Waals surface area contributed by atoms with Crippen molar-refractivity contribution in [2.75, 3.05) is 6.54 Å². The second-order valence-corrected chi connectivity index (χ2v) is 5.42. The van der Waals surface area contributed by atoms with Gasteiger partial charge < -0.3 is 10.2 Å². The first kappa shape index (κ1) is 15.8. The molecule has 2 heterocycles. The Morgan fingerprint density at radius 3 is 2.62 bits per heavy atom. The van der Waals surface area contributed by atoms with Crippen LogP contribution in [-0.2, 0) is 29.1 Å². The lowest BCUT2D eigenvalue weighted by Crippen LogP contribution is -2.57. The van der Waals surface area contributed by atoms with E-state index in [-0.39, 0.29) is 18.4 Å².